The van der Waals surface area contributed by atoms with E-state index in [0.717, 1.165) is 0 Å². The average Bonchev–Trinajstić information content (AvgIpc) is 3.15. The predicted molar refractivity (Wildman–Crippen MR) is 92.9 cm³/mol. The van der Waals surface area contributed by atoms with Crippen molar-refractivity contribution < 1.29 is 24.0 Å². The van der Waals surface area contributed by atoms with Crippen LogP contribution in [-0.2, 0) is 15.9 Å². The van der Waals surface area contributed by atoms with Crippen LogP contribution in [-0.4, -0.2) is 62.8 Å². The quantitative estimate of drug-likeness (QED) is 0.667. The molecule has 1 amide bonds. The summed E-state index contributed by atoms with van der Waals surface area (Å²) in [6.07, 6.45) is -0.0264. The van der Waals surface area contributed by atoms with Crippen LogP contribution in [0.1, 0.15) is 23.7 Å². The lowest BCUT2D eigenvalue weighted by atomic mass is 10.1. The summed E-state index contributed by atoms with van der Waals surface area (Å²) in [7, 11) is 0. The number of phenols is 1. The second-order valence-corrected chi connectivity index (χ2v) is 6.35. The zero-order valence-electron chi connectivity index (χ0n) is 13.5. The van der Waals surface area contributed by atoms with E-state index in [4.69, 9.17) is 4.74 Å². The third kappa shape index (κ3) is 3.64. The van der Waals surface area contributed by atoms with Gasteiger partial charge >= 0.3 is 0 Å². The molecule has 3 rings (SSSR count). The number of amides is 1. The fourth-order valence-corrected chi connectivity index (χ4v) is 3.20. The fourth-order valence-electron chi connectivity index (χ4n) is 2.60. The number of hydrogen-bond donors (Lipinski definition) is 3. The molecule has 2 aliphatic rings. The molecule has 0 aliphatic carbocycles. The number of β-amino-alcohol motifs (C(OH)–C–C–N with tert-alkyl or cyclic N) is 1. The minimum absolute atomic E-state index is 0.0830. The van der Waals surface area contributed by atoms with Gasteiger partial charge in [0.2, 0.25) is 5.84 Å². The number of benzene rings is 1. The van der Waals surface area contributed by atoms with Crippen LogP contribution in [0.4, 0.5) is 5.69 Å². The third-order valence-electron chi connectivity index (χ3n) is 3.78. The molecule has 1 fully saturated rings. The molecule has 0 spiro atoms. The first-order valence-corrected chi connectivity index (χ1v) is 8.85. The van der Waals surface area contributed by atoms with Crippen molar-refractivity contribution in [2.45, 2.75) is 19.4 Å². The van der Waals surface area contributed by atoms with Crippen LogP contribution in [0.2, 0.25) is 0 Å². The maximum atomic E-state index is 12.5. The molecule has 1 aromatic rings. The number of carbonyl (C=O) groups is 1. The van der Waals surface area contributed by atoms with E-state index in [1.165, 1.54) is 11.0 Å². The minimum atomic E-state index is -1.78. The Morgan fingerprint density at radius 1 is 1.48 bits per heavy atom. The summed E-state index contributed by atoms with van der Waals surface area (Å²) in [6, 6.07) is 4.66. The summed E-state index contributed by atoms with van der Waals surface area (Å²) in [5.41, 5.74) is 0.323. The Bertz CT molecular complexity index is 779. The van der Waals surface area contributed by atoms with E-state index in [-0.39, 0.29) is 41.2 Å². The lowest BCUT2D eigenvalue weighted by Gasteiger charge is -2.18. The van der Waals surface area contributed by atoms with E-state index < -0.39 is 17.3 Å². The minimum Gasteiger partial charge on any atom is -0.505 e. The van der Waals surface area contributed by atoms with Crippen LogP contribution >= 0.6 is 0 Å². The zero-order chi connectivity index (χ0) is 18.0. The number of amidine groups is 1. The molecule has 0 aromatic heterocycles. The van der Waals surface area contributed by atoms with Gasteiger partial charge in [0.05, 0.1) is 24.0 Å². The van der Waals surface area contributed by atoms with Crippen molar-refractivity contribution in [3.8, 4) is 5.75 Å². The van der Waals surface area contributed by atoms with Crippen molar-refractivity contribution in [1.82, 2.24) is 4.90 Å². The number of aliphatic hydroxyl groups excluding tert-OH is 1. The average molecular weight is 366 g/mol. The van der Waals surface area contributed by atoms with Crippen molar-refractivity contribution in [3.05, 3.63) is 23.8 Å². The van der Waals surface area contributed by atoms with Crippen molar-refractivity contribution in [2.24, 2.45) is 8.80 Å². The highest BCUT2D eigenvalue weighted by molar-refractivity contribution is 7.83. The molecule has 2 heterocycles. The maximum absolute atomic E-state index is 12.5. The largest absolute Gasteiger partial charge is 0.505 e. The van der Waals surface area contributed by atoms with Crippen molar-refractivity contribution in [2.75, 3.05) is 25.0 Å². The molecule has 1 aromatic carbocycles. The van der Waals surface area contributed by atoms with Crippen LogP contribution in [0, 0.1) is 0 Å². The van der Waals surface area contributed by atoms with Crippen molar-refractivity contribution in [3.63, 3.8) is 0 Å². The SMILES string of the molecule is CCOC1=NS(=O)N=C1Nc1cccc(C(=O)N2CC[C@@H](O)C2)c1O. The normalized spacial score (nSPS) is 22.6. The molecule has 1 saturated heterocycles. The zero-order valence-corrected chi connectivity index (χ0v) is 14.3. The molecule has 9 nitrogen and oxygen atoms in total. The molecule has 2 atom stereocenters. The summed E-state index contributed by atoms with van der Waals surface area (Å²) < 4.78 is 24.2. The number of likely N-dealkylation sites (tertiary alicyclic amines) is 1. The van der Waals surface area contributed by atoms with E-state index in [0.29, 0.717) is 19.6 Å². The lowest BCUT2D eigenvalue weighted by Crippen LogP contribution is -2.30. The van der Waals surface area contributed by atoms with Crippen LogP contribution in [0.5, 0.6) is 5.75 Å². The van der Waals surface area contributed by atoms with Gasteiger partial charge in [-0.15, -0.1) is 8.80 Å². The Kier molecular flexibility index (Phi) is 5.00. The van der Waals surface area contributed by atoms with Crippen molar-refractivity contribution in [1.29, 1.82) is 0 Å². The molecule has 134 valence electrons. The van der Waals surface area contributed by atoms with E-state index in [2.05, 4.69) is 14.1 Å². The predicted octanol–water partition coefficient (Wildman–Crippen LogP) is 0.437. The molecule has 0 saturated carbocycles. The number of anilines is 1. The molecular weight excluding hydrogens is 348 g/mol. The number of nitrogens with one attached hydrogen (secondary N) is 1. The van der Waals surface area contributed by atoms with E-state index >= 15 is 0 Å². The van der Waals surface area contributed by atoms with Crippen LogP contribution in [0.3, 0.4) is 0 Å². The number of aromatic hydroxyl groups is 1. The third-order valence-corrected chi connectivity index (χ3v) is 4.44. The summed E-state index contributed by atoms with van der Waals surface area (Å²) in [5, 5.41) is 22.8. The number of phenolic OH excluding ortho intramolecular Hbond substituents is 1. The van der Waals surface area contributed by atoms with Crippen LogP contribution in [0.15, 0.2) is 27.0 Å². The maximum Gasteiger partial charge on any atom is 0.271 e. The molecule has 0 radical (unpaired) electrons. The Labute approximate surface area is 146 Å². The van der Waals surface area contributed by atoms with E-state index in [9.17, 15) is 19.2 Å². The summed E-state index contributed by atoms with van der Waals surface area (Å²) >= 11 is -1.78. The topological polar surface area (TPSA) is 124 Å². The Morgan fingerprint density at radius 3 is 2.96 bits per heavy atom. The molecule has 0 bridgehead atoms. The standard InChI is InChI=1S/C15H18N4O5S/c1-2-24-14-13(17-25(23)18-14)16-11-5-3-4-10(12(11)21)15(22)19-7-6-9(20)8-19/h3-5,9,20-21H,2,6-8H2,1H3,(H,16,17)/t9-,25?/m1/s1. The number of rotatable bonds is 3. The molecule has 3 N–H and O–H groups in total. The van der Waals surface area contributed by atoms with Gasteiger partial charge in [0.15, 0.2) is 5.75 Å². The number of hydrogen-bond acceptors (Lipinski definition) is 6. The molecule has 10 heteroatoms. The number of nitrogens with zero attached hydrogens (tertiary/aromatic N) is 3. The molecule has 1 unspecified atom stereocenters. The second-order valence-electron chi connectivity index (χ2n) is 5.52. The number of carbonyl (C=O) groups excluding carboxylic acids is 1. The van der Waals surface area contributed by atoms with Gasteiger partial charge in [0.1, 0.15) is 0 Å². The van der Waals surface area contributed by atoms with Gasteiger partial charge < -0.3 is 25.2 Å². The highest BCUT2D eigenvalue weighted by atomic mass is 32.2. The Hall–Kier alpha value is -2.46. The summed E-state index contributed by atoms with van der Waals surface area (Å²) in [4.78, 5) is 14.0. The smallest absolute Gasteiger partial charge is 0.271 e. The van der Waals surface area contributed by atoms with E-state index in [1.54, 1.807) is 19.1 Å². The highest BCUT2D eigenvalue weighted by Crippen LogP contribution is 2.30. The molecule has 2 aliphatic heterocycles. The van der Waals surface area contributed by atoms with Gasteiger partial charge in [0, 0.05) is 13.1 Å². The second kappa shape index (κ2) is 7.19. The van der Waals surface area contributed by atoms with E-state index in [1.807, 2.05) is 0 Å². The highest BCUT2D eigenvalue weighted by Gasteiger charge is 2.28. The first kappa shape index (κ1) is 17.4. The van der Waals surface area contributed by atoms with Gasteiger partial charge in [-0.1, -0.05) is 6.07 Å². The lowest BCUT2D eigenvalue weighted by molar-refractivity contribution is 0.0762. The number of ether oxygens (including phenoxy) is 1. The molecular formula is C15H18N4O5S. The first-order chi connectivity index (χ1) is 12.0. The summed E-state index contributed by atoms with van der Waals surface area (Å²) in [5.74, 6) is -0.422. The number of aliphatic hydroxyl groups is 1. The van der Waals surface area contributed by atoms with Gasteiger partial charge in [-0.25, -0.2) is 4.21 Å². The van der Waals surface area contributed by atoms with Gasteiger partial charge in [0.25, 0.3) is 23.0 Å². The van der Waals surface area contributed by atoms with Gasteiger partial charge in [-0.05, 0) is 25.5 Å². The van der Waals surface area contributed by atoms with Crippen molar-refractivity contribution >= 4 is 34.5 Å². The summed E-state index contributed by atoms with van der Waals surface area (Å²) in [6.45, 7) is 2.74. The van der Waals surface area contributed by atoms with Gasteiger partial charge in [-0.2, -0.15) is 0 Å². The monoisotopic (exact) mass is 366 g/mol. The van der Waals surface area contributed by atoms with Crippen LogP contribution < -0.4 is 5.32 Å². The fraction of sp³-hybridized carbons (Fsp3) is 0.400. The molecule has 25 heavy (non-hydrogen) atoms. The van der Waals surface area contributed by atoms with Crippen LogP contribution in [0.25, 0.3) is 0 Å². The Balaban J connectivity index is 1.82. The number of para-hydroxylation sites is 1. The first-order valence-electron chi connectivity index (χ1n) is 7.78. The van der Waals surface area contributed by atoms with Gasteiger partial charge in [-0.3, -0.25) is 4.79 Å². The Morgan fingerprint density at radius 2 is 2.28 bits per heavy atom.